The lowest BCUT2D eigenvalue weighted by Crippen LogP contribution is -2.29. The van der Waals surface area contributed by atoms with Gasteiger partial charge in [-0.05, 0) is 31.2 Å². The molecule has 4 rings (SSSR count). The lowest BCUT2D eigenvalue weighted by Gasteiger charge is -2.10. The van der Waals surface area contributed by atoms with Crippen LogP contribution in [0.1, 0.15) is 5.69 Å². The second-order valence-electron chi connectivity index (χ2n) is 6.58. The van der Waals surface area contributed by atoms with Crippen LogP contribution in [0.4, 0.5) is 10.1 Å². The topological polar surface area (TPSA) is 76.9 Å². The Morgan fingerprint density at radius 2 is 1.80 bits per heavy atom. The quantitative estimate of drug-likeness (QED) is 0.527. The molecule has 0 atom stereocenters. The minimum Gasteiger partial charge on any atom is -0.324 e. The highest BCUT2D eigenvalue weighted by Gasteiger charge is 2.14. The molecular weight excluding hydrogens is 403 g/mol. The summed E-state index contributed by atoms with van der Waals surface area (Å²) in [5.41, 5.74) is 2.60. The Morgan fingerprint density at radius 3 is 2.60 bits per heavy atom. The van der Waals surface area contributed by atoms with Gasteiger partial charge >= 0.3 is 0 Å². The zero-order valence-corrected chi connectivity index (χ0v) is 16.8. The van der Waals surface area contributed by atoms with E-state index in [1.165, 1.54) is 23.5 Å². The summed E-state index contributed by atoms with van der Waals surface area (Å²) in [6.45, 7) is 1.55. The van der Waals surface area contributed by atoms with Crippen molar-refractivity contribution in [1.29, 1.82) is 0 Å². The summed E-state index contributed by atoms with van der Waals surface area (Å²) in [6, 6.07) is 16.6. The summed E-state index contributed by atoms with van der Waals surface area (Å²) >= 11 is 1.33. The molecule has 8 heteroatoms. The Balaban J connectivity index is 1.59. The number of halogens is 1. The van der Waals surface area contributed by atoms with Gasteiger partial charge in [-0.3, -0.25) is 9.59 Å². The van der Waals surface area contributed by atoms with Crippen LogP contribution >= 0.6 is 11.3 Å². The van der Waals surface area contributed by atoms with Gasteiger partial charge in [-0.15, -0.1) is 11.3 Å². The van der Waals surface area contributed by atoms with Crippen molar-refractivity contribution in [3.05, 3.63) is 87.9 Å². The molecule has 0 unspecified atom stereocenters. The zero-order valence-electron chi connectivity index (χ0n) is 16.0. The van der Waals surface area contributed by atoms with Crippen molar-refractivity contribution >= 4 is 22.9 Å². The van der Waals surface area contributed by atoms with Gasteiger partial charge < -0.3 is 5.32 Å². The fraction of sp³-hybridized carbons (Fsp3) is 0.0909. The van der Waals surface area contributed by atoms with E-state index in [9.17, 15) is 14.0 Å². The molecule has 2 aromatic carbocycles. The van der Waals surface area contributed by atoms with Crippen molar-refractivity contribution in [2.24, 2.45) is 0 Å². The minimum absolute atomic E-state index is 0.202. The van der Waals surface area contributed by atoms with Crippen molar-refractivity contribution in [1.82, 2.24) is 14.8 Å². The summed E-state index contributed by atoms with van der Waals surface area (Å²) < 4.78 is 15.2. The number of benzene rings is 2. The Labute approximate surface area is 175 Å². The van der Waals surface area contributed by atoms with Crippen LogP contribution in [0.3, 0.4) is 0 Å². The Morgan fingerprint density at radius 1 is 1.07 bits per heavy atom. The van der Waals surface area contributed by atoms with Crippen LogP contribution in [0.2, 0.25) is 0 Å². The monoisotopic (exact) mass is 420 g/mol. The molecule has 4 aromatic rings. The third-order valence-electron chi connectivity index (χ3n) is 4.38. The van der Waals surface area contributed by atoms with Crippen molar-refractivity contribution in [3.63, 3.8) is 0 Å². The number of aryl methyl sites for hydroxylation is 1. The number of carbonyl (C=O) groups excluding carboxylic acids is 1. The van der Waals surface area contributed by atoms with E-state index in [-0.39, 0.29) is 23.8 Å². The molecule has 2 aromatic heterocycles. The normalized spacial score (nSPS) is 10.7. The summed E-state index contributed by atoms with van der Waals surface area (Å²) in [5.74, 6) is -0.719. The molecule has 30 heavy (non-hydrogen) atoms. The first-order valence-corrected chi connectivity index (χ1v) is 10.0. The van der Waals surface area contributed by atoms with Gasteiger partial charge in [0.2, 0.25) is 5.91 Å². The summed E-state index contributed by atoms with van der Waals surface area (Å²) in [4.78, 5) is 29.0. The van der Waals surface area contributed by atoms with E-state index in [1.807, 2.05) is 17.5 Å². The fourth-order valence-electron chi connectivity index (χ4n) is 2.96. The van der Waals surface area contributed by atoms with Crippen LogP contribution in [0, 0.1) is 12.7 Å². The van der Waals surface area contributed by atoms with Crippen molar-refractivity contribution in [3.8, 4) is 21.8 Å². The van der Waals surface area contributed by atoms with E-state index < -0.39 is 0 Å². The second-order valence-corrected chi connectivity index (χ2v) is 7.44. The maximum absolute atomic E-state index is 14.1. The van der Waals surface area contributed by atoms with Gasteiger partial charge in [-0.1, -0.05) is 30.3 Å². The third-order valence-corrected chi connectivity index (χ3v) is 5.25. The molecule has 1 N–H and O–H groups in total. The fourth-order valence-corrected chi connectivity index (χ4v) is 3.81. The van der Waals surface area contributed by atoms with Gasteiger partial charge in [0.05, 0.1) is 17.1 Å². The van der Waals surface area contributed by atoms with Gasteiger partial charge in [0.25, 0.3) is 5.56 Å². The largest absolute Gasteiger partial charge is 0.324 e. The number of nitrogens with one attached hydrogen (secondary N) is 1. The highest BCUT2D eigenvalue weighted by Crippen LogP contribution is 2.33. The number of para-hydroxylation sites is 1. The van der Waals surface area contributed by atoms with Crippen molar-refractivity contribution in [2.75, 3.05) is 5.32 Å². The van der Waals surface area contributed by atoms with E-state index >= 15 is 0 Å². The lowest BCUT2D eigenvalue weighted by molar-refractivity contribution is -0.117. The standard InChI is InChI=1S/C22H17FN4O2S/c1-14-10-11-21(29)27(26-14)12-20(28)24-18-9-5-3-7-16(18)19-13-30-22(25-19)15-6-2-4-8-17(15)23/h2-11,13H,12H2,1H3,(H,24,28). The number of rotatable bonds is 5. The highest BCUT2D eigenvalue weighted by atomic mass is 32.1. The van der Waals surface area contributed by atoms with Gasteiger partial charge in [0, 0.05) is 22.6 Å². The average Bonchev–Trinajstić information content (AvgIpc) is 3.21. The van der Waals surface area contributed by atoms with Crippen LogP contribution in [0.25, 0.3) is 21.8 Å². The first kappa shape index (κ1) is 19.7. The molecule has 0 aliphatic heterocycles. The first-order valence-electron chi connectivity index (χ1n) is 9.16. The molecule has 0 bridgehead atoms. The minimum atomic E-state index is -0.382. The number of aromatic nitrogens is 3. The Hall–Kier alpha value is -3.65. The molecule has 1 amide bonds. The molecule has 150 valence electrons. The van der Waals surface area contributed by atoms with E-state index in [4.69, 9.17) is 0 Å². The Bertz CT molecular complexity index is 1280. The number of hydrogen-bond acceptors (Lipinski definition) is 5. The zero-order chi connectivity index (χ0) is 21.1. The van der Waals surface area contributed by atoms with E-state index in [0.717, 1.165) is 4.68 Å². The number of thiazole rings is 1. The summed E-state index contributed by atoms with van der Waals surface area (Å²) in [7, 11) is 0. The number of nitrogens with zero attached hydrogens (tertiary/aromatic N) is 3. The molecule has 0 radical (unpaired) electrons. The van der Waals surface area contributed by atoms with E-state index in [2.05, 4.69) is 15.4 Å². The maximum atomic E-state index is 14.1. The first-order chi connectivity index (χ1) is 14.5. The number of carbonyl (C=O) groups is 1. The summed E-state index contributed by atoms with van der Waals surface area (Å²) in [5, 5.41) is 9.27. The van der Waals surface area contributed by atoms with E-state index in [1.54, 1.807) is 43.3 Å². The smallest absolute Gasteiger partial charge is 0.267 e. The molecule has 0 aliphatic carbocycles. The van der Waals surface area contributed by atoms with Gasteiger partial charge in [-0.25, -0.2) is 14.1 Å². The number of hydrogen-bond donors (Lipinski definition) is 1. The molecular formula is C22H17FN4O2S. The highest BCUT2D eigenvalue weighted by molar-refractivity contribution is 7.13. The maximum Gasteiger partial charge on any atom is 0.267 e. The molecule has 0 fully saturated rings. The number of amides is 1. The van der Waals surface area contributed by atoms with Crippen LogP contribution in [-0.4, -0.2) is 20.7 Å². The second kappa shape index (κ2) is 8.38. The average molecular weight is 420 g/mol. The van der Waals surface area contributed by atoms with Crippen molar-refractivity contribution in [2.45, 2.75) is 13.5 Å². The molecule has 0 saturated carbocycles. The Kier molecular flexibility index (Phi) is 5.49. The third kappa shape index (κ3) is 4.18. The molecule has 0 aliphatic rings. The van der Waals surface area contributed by atoms with Crippen LogP contribution < -0.4 is 10.9 Å². The van der Waals surface area contributed by atoms with Crippen LogP contribution in [0.5, 0.6) is 0 Å². The van der Waals surface area contributed by atoms with E-state index in [0.29, 0.717) is 33.2 Å². The molecule has 6 nitrogen and oxygen atoms in total. The predicted octanol–water partition coefficient (Wildman–Crippen LogP) is 4.12. The molecule has 0 spiro atoms. The van der Waals surface area contributed by atoms with Crippen LogP contribution in [0.15, 0.2) is 70.8 Å². The molecule has 0 saturated heterocycles. The molecule has 2 heterocycles. The van der Waals surface area contributed by atoms with Gasteiger partial charge in [-0.2, -0.15) is 5.10 Å². The van der Waals surface area contributed by atoms with Gasteiger partial charge in [0.1, 0.15) is 17.4 Å². The predicted molar refractivity (Wildman–Crippen MR) is 115 cm³/mol. The number of anilines is 1. The SMILES string of the molecule is Cc1ccc(=O)n(CC(=O)Nc2ccccc2-c2csc(-c3ccccc3F)n2)n1. The van der Waals surface area contributed by atoms with Crippen LogP contribution in [-0.2, 0) is 11.3 Å². The summed E-state index contributed by atoms with van der Waals surface area (Å²) in [6.07, 6.45) is 0. The van der Waals surface area contributed by atoms with Gasteiger partial charge in [0.15, 0.2) is 0 Å². The van der Waals surface area contributed by atoms with Crippen molar-refractivity contribution < 1.29 is 9.18 Å². The lowest BCUT2D eigenvalue weighted by atomic mass is 10.1.